The Labute approximate surface area is 91.1 Å². The molecular formula is C4H9KNO2. The monoisotopic (exact) mass is 142 g/mol. The Morgan fingerprint density at radius 2 is 1.75 bits per heavy atom. The first-order valence-electron chi connectivity index (χ1n) is 1.97. The third kappa shape index (κ3) is 5.21. The van der Waals surface area contributed by atoms with Gasteiger partial charge in [-0.2, -0.15) is 0 Å². The predicted molar refractivity (Wildman–Crippen MR) is 31.7 cm³/mol. The summed E-state index contributed by atoms with van der Waals surface area (Å²) >= 11 is 0. The maximum atomic E-state index is 9.90. The number of carboxylic acids is 1. The molecule has 43 valence electrons. The van der Waals surface area contributed by atoms with E-state index >= 15 is 0 Å². The zero-order valence-electron chi connectivity index (χ0n) is 5.43. The average molecular weight is 142 g/mol. The first-order valence-corrected chi connectivity index (χ1v) is 1.97. The van der Waals surface area contributed by atoms with Crippen molar-refractivity contribution in [2.45, 2.75) is 19.4 Å². The second kappa shape index (κ2) is 3.97. The van der Waals surface area contributed by atoms with Gasteiger partial charge in [0.25, 0.3) is 0 Å². The largest absolute Gasteiger partial charge is 0.480 e. The number of carboxylic acid groups (broad SMARTS) is 1. The first kappa shape index (κ1) is 11.8. The molecule has 0 spiro atoms. The van der Waals surface area contributed by atoms with E-state index < -0.39 is 11.5 Å². The fraction of sp³-hybridized carbons (Fsp3) is 0.750. The minimum atomic E-state index is -1.08. The molecule has 0 bridgehead atoms. The smallest absolute Gasteiger partial charge is 0.323 e. The van der Waals surface area contributed by atoms with E-state index in [1.165, 1.54) is 13.8 Å². The van der Waals surface area contributed by atoms with Crippen LogP contribution in [-0.2, 0) is 4.79 Å². The van der Waals surface area contributed by atoms with E-state index in [-0.39, 0.29) is 51.4 Å². The van der Waals surface area contributed by atoms with Crippen molar-refractivity contribution in [2.75, 3.05) is 0 Å². The summed E-state index contributed by atoms with van der Waals surface area (Å²) in [5.74, 6) is -0.979. The molecule has 0 rings (SSSR count). The number of hydrogen-bond donors (Lipinski definition) is 2. The summed E-state index contributed by atoms with van der Waals surface area (Å²) in [7, 11) is 0. The third-order valence-corrected chi connectivity index (χ3v) is 0.551. The van der Waals surface area contributed by atoms with Gasteiger partial charge in [0.15, 0.2) is 0 Å². The van der Waals surface area contributed by atoms with Crippen LogP contribution in [0.3, 0.4) is 0 Å². The van der Waals surface area contributed by atoms with Crippen LogP contribution in [0.4, 0.5) is 0 Å². The summed E-state index contributed by atoms with van der Waals surface area (Å²) in [6, 6.07) is 0. The Morgan fingerprint density at radius 3 is 1.75 bits per heavy atom. The maximum absolute atomic E-state index is 9.90. The van der Waals surface area contributed by atoms with E-state index in [0.29, 0.717) is 0 Å². The summed E-state index contributed by atoms with van der Waals surface area (Å²) < 4.78 is 0. The van der Waals surface area contributed by atoms with Crippen LogP contribution in [0.15, 0.2) is 0 Å². The standard InChI is InChI=1S/C4H9NO2.K/c1-4(2,5)3(6)7;/h5H2,1-2H3,(H,6,7);. The van der Waals surface area contributed by atoms with Crippen molar-refractivity contribution in [1.29, 1.82) is 0 Å². The molecule has 8 heavy (non-hydrogen) atoms. The second-order valence-corrected chi connectivity index (χ2v) is 2.03. The van der Waals surface area contributed by atoms with Gasteiger partial charge in [0.05, 0.1) is 0 Å². The van der Waals surface area contributed by atoms with Crippen LogP contribution in [0.25, 0.3) is 0 Å². The van der Waals surface area contributed by atoms with Gasteiger partial charge in [0.2, 0.25) is 0 Å². The maximum Gasteiger partial charge on any atom is 0.323 e. The van der Waals surface area contributed by atoms with Crippen LogP contribution >= 0.6 is 0 Å². The second-order valence-electron chi connectivity index (χ2n) is 2.03. The number of nitrogens with two attached hydrogens (primary N) is 1. The molecule has 0 aliphatic rings. The minimum Gasteiger partial charge on any atom is -0.480 e. The predicted octanol–water partition coefficient (Wildman–Crippen LogP) is -0.573. The molecule has 0 aromatic rings. The topological polar surface area (TPSA) is 63.3 Å². The van der Waals surface area contributed by atoms with Crippen molar-refractivity contribution in [3.63, 3.8) is 0 Å². The molecule has 1 radical (unpaired) electrons. The van der Waals surface area contributed by atoms with Gasteiger partial charge in [-0.25, -0.2) is 0 Å². The molecule has 3 N–H and O–H groups in total. The van der Waals surface area contributed by atoms with Crippen molar-refractivity contribution in [3.8, 4) is 0 Å². The molecule has 0 atom stereocenters. The quantitative estimate of drug-likeness (QED) is 0.482. The molecule has 0 fully saturated rings. The Bertz CT molecular complexity index is 86.5. The minimum absolute atomic E-state index is 0. The zero-order chi connectivity index (χ0) is 6.08. The van der Waals surface area contributed by atoms with Gasteiger partial charge < -0.3 is 10.8 Å². The number of hydrogen-bond acceptors (Lipinski definition) is 2. The van der Waals surface area contributed by atoms with Gasteiger partial charge >= 0.3 is 5.97 Å². The fourth-order valence-electron chi connectivity index (χ4n) is 0. The van der Waals surface area contributed by atoms with Gasteiger partial charge in [-0.15, -0.1) is 0 Å². The van der Waals surface area contributed by atoms with Gasteiger partial charge in [-0.3, -0.25) is 4.79 Å². The Hall–Kier alpha value is 1.07. The SMILES string of the molecule is CC(C)(N)C(=O)O.[K]. The molecule has 0 amide bonds. The van der Waals surface area contributed by atoms with Crippen LogP contribution in [0.2, 0.25) is 0 Å². The zero-order valence-corrected chi connectivity index (χ0v) is 8.56. The molecule has 4 heteroatoms. The number of rotatable bonds is 1. The summed E-state index contributed by atoms with van der Waals surface area (Å²) in [6.07, 6.45) is 0. The summed E-state index contributed by atoms with van der Waals surface area (Å²) in [6.45, 7) is 2.88. The van der Waals surface area contributed by atoms with Crippen molar-refractivity contribution in [1.82, 2.24) is 0 Å². The van der Waals surface area contributed by atoms with Gasteiger partial charge in [-0.1, -0.05) is 0 Å². The van der Waals surface area contributed by atoms with Crippen LogP contribution in [0, 0.1) is 0 Å². The van der Waals surface area contributed by atoms with Crippen molar-refractivity contribution in [3.05, 3.63) is 0 Å². The Kier molecular flexibility index (Phi) is 5.87. The summed E-state index contributed by atoms with van der Waals surface area (Å²) in [4.78, 5) is 9.90. The molecule has 0 aliphatic carbocycles. The first-order chi connectivity index (χ1) is 2.94. The summed E-state index contributed by atoms with van der Waals surface area (Å²) in [5.41, 5.74) is 4.00. The van der Waals surface area contributed by atoms with Gasteiger partial charge in [0.1, 0.15) is 5.54 Å². The van der Waals surface area contributed by atoms with E-state index in [9.17, 15) is 4.79 Å². The van der Waals surface area contributed by atoms with E-state index in [1.54, 1.807) is 0 Å². The molecular weight excluding hydrogens is 133 g/mol. The summed E-state index contributed by atoms with van der Waals surface area (Å²) in [5, 5.41) is 8.12. The van der Waals surface area contributed by atoms with Crippen molar-refractivity contribution in [2.24, 2.45) is 5.73 Å². The van der Waals surface area contributed by atoms with E-state index in [1.807, 2.05) is 0 Å². The molecule has 0 aromatic heterocycles. The molecule has 0 aliphatic heterocycles. The van der Waals surface area contributed by atoms with Gasteiger partial charge in [0, 0.05) is 51.4 Å². The molecule has 0 saturated carbocycles. The molecule has 0 unspecified atom stereocenters. The van der Waals surface area contributed by atoms with E-state index in [2.05, 4.69) is 0 Å². The van der Waals surface area contributed by atoms with E-state index in [0.717, 1.165) is 0 Å². The normalized spacial score (nSPS) is 9.88. The molecule has 3 nitrogen and oxygen atoms in total. The van der Waals surface area contributed by atoms with Crippen LogP contribution in [0.5, 0.6) is 0 Å². The number of carbonyl (C=O) groups is 1. The van der Waals surface area contributed by atoms with Crippen LogP contribution in [0.1, 0.15) is 13.8 Å². The van der Waals surface area contributed by atoms with Gasteiger partial charge in [-0.05, 0) is 13.8 Å². The van der Waals surface area contributed by atoms with E-state index in [4.69, 9.17) is 10.8 Å². The Balaban J connectivity index is 0. The molecule has 0 aromatic carbocycles. The average Bonchev–Trinajstić information content (AvgIpc) is 1.31. The van der Waals surface area contributed by atoms with Crippen molar-refractivity contribution < 1.29 is 9.90 Å². The Morgan fingerprint density at radius 1 is 1.62 bits per heavy atom. The molecule has 0 heterocycles. The third-order valence-electron chi connectivity index (χ3n) is 0.551. The van der Waals surface area contributed by atoms with Crippen LogP contribution in [-0.4, -0.2) is 68.0 Å². The fourth-order valence-corrected chi connectivity index (χ4v) is 0. The van der Waals surface area contributed by atoms with Crippen LogP contribution < -0.4 is 5.73 Å². The number of aliphatic carboxylic acids is 1. The molecule has 0 saturated heterocycles. The van der Waals surface area contributed by atoms with Crippen molar-refractivity contribution >= 4 is 57.4 Å².